The number of halogens is 1. The number of thiocarbonyl (C=S) groups is 1. The predicted molar refractivity (Wildman–Crippen MR) is 75.3 cm³/mol. The number of nitrogens with one attached hydrogen (secondary N) is 1. The highest BCUT2D eigenvalue weighted by molar-refractivity contribution is 7.80. The number of nitrogens with two attached hydrogens (primary N) is 1. The molecule has 0 saturated carbocycles. The molecule has 0 aliphatic heterocycles. The maximum Gasteiger partial charge on any atom is 0.106 e. The molecule has 1 aromatic rings. The third-order valence-corrected chi connectivity index (χ3v) is 3.05. The Hall–Kier alpha value is -0.800. The molecular formula is C12H17ClN2S. The maximum atomic E-state index is 5.97. The molecule has 0 amide bonds. The van der Waals surface area contributed by atoms with Gasteiger partial charge in [0.25, 0.3) is 0 Å². The van der Waals surface area contributed by atoms with Crippen LogP contribution in [0.15, 0.2) is 18.2 Å². The molecule has 0 fully saturated rings. The quantitative estimate of drug-likeness (QED) is 0.791. The summed E-state index contributed by atoms with van der Waals surface area (Å²) in [6.07, 6.45) is 2.11. The molecule has 0 heterocycles. The molecule has 4 heteroatoms. The van der Waals surface area contributed by atoms with Gasteiger partial charge in [0, 0.05) is 22.3 Å². The first kappa shape index (κ1) is 13.3. The van der Waals surface area contributed by atoms with Crippen molar-refractivity contribution in [1.82, 2.24) is 0 Å². The van der Waals surface area contributed by atoms with E-state index in [1.807, 2.05) is 12.1 Å². The molecule has 2 nitrogen and oxygen atoms in total. The summed E-state index contributed by atoms with van der Waals surface area (Å²) in [4.78, 5) is 0.394. The van der Waals surface area contributed by atoms with Gasteiger partial charge < -0.3 is 11.1 Å². The van der Waals surface area contributed by atoms with Crippen molar-refractivity contribution in [3.8, 4) is 0 Å². The van der Waals surface area contributed by atoms with E-state index in [1.165, 1.54) is 0 Å². The van der Waals surface area contributed by atoms with Crippen molar-refractivity contribution < 1.29 is 0 Å². The summed E-state index contributed by atoms with van der Waals surface area (Å²) in [6, 6.07) is 5.95. The van der Waals surface area contributed by atoms with Crippen LogP contribution in [0.1, 0.15) is 32.3 Å². The predicted octanol–water partition coefficient (Wildman–Crippen LogP) is 3.57. The monoisotopic (exact) mass is 256 g/mol. The van der Waals surface area contributed by atoms with E-state index in [-0.39, 0.29) is 0 Å². The molecule has 1 rings (SSSR count). The smallest absolute Gasteiger partial charge is 0.106 e. The summed E-state index contributed by atoms with van der Waals surface area (Å²) in [5.41, 5.74) is 7.45. The molecule has 0 unspecified atom stereocenters. The maximum absolute atomic E-state index is 5.97. The summed E-state index contributed by atoms with van der Waals surface area (Å²) >= 11 is 11.0. The van der Waals surface area contributed by atoms with Crippen LogP contribution in [-0.2, 0) is 0 Å². The lowest BCUT2D eigenvalue weighted by Gasteiger charge is -2.19. The second kappa shape index (κ2) is 6.06. The normalized spacial score (nSPS) is 10.5. The number of hydrogen-bond donors (Lipinski definition) is 2. The topological polar surface area (TPSA) is 38.0 Å². The van der Waals surface area contributed by atoms with Gasteiger partial charge in [-0.3, -0.25) is 0 Å². The van der Waals surface area contributed by atoms with Crippen molar-refractivity contribution in [1.29, 1.82) is 0 Å². The van der Waals surface area contributed by atoms with Crippen LogP contribution in [0.4, 0.5) is 5.69 Å². The molecule has 0 aliphatic rings. The molecule has 0 radical (unpaired) electrons. The lowest BCUT2D eigenvalue weighted by Crippen LogP contribution is -2.20. The minimum absolute atomic E-state index is 0.394. The molecule has 0 bridgehead atoms. The van der Waals surface area contributed by atoms with E-state index < -0.39 is 0 Å². The van der Waals surface area contributed by atoms with Gasteiger partial charge in [-0.05, 0) is 31.0 Å². The van der Waals surface area contributed by atoms with E-state index in [2.05, 4.69) is 19.2 Å². The Morgan fingerprint density at radius 3 is 2.56 bits per heavy atom. The zero-order chi connectivity index (χ0) is 12.1. The van der Waals surface area contributed by atoms with Crippen molar-refractivity contribution in [3.05, 3.63) is 28.8 Å². The summed E-state index contributed by atoms with van der Waals surface area (Å²) in [5.74, 6) is 0. The van der Waals surface area contributed by atoms with Crippen molar-refractivity contribution >= 4 is 34.5 Å². The number of anilines is 1. The zero-order valence-corrected chi connectivity index (χ0v) is 11.2. The van der Waals surface area contributed by atoms with Gasteiger partial charge in [-0.2, -0.15) is 0 Å². The van der Waals surface area contributed by atoms with Gasteiger partial charge >= 0.3 is 0 Å². The number of rotatable bonds is 5. The number of benzene rings is 1. The van der Waals surface area contributed by atoms with Gasteiger partial charge in [-0.15, -0.1) is 0 Å². The highest BCUT2D eigenvalue weighted by atomic mass is 35.5. The van der Waals surface area contributed by atoms with Crippen molar-refractivity contribution in [2.24, 2.45) is 5.73 Å². The molecular weight excluding hydrogens is 240 g/mol. The molecule has 0 atom stereocenters. The van der Waals surface area contributed by atoms with Crippen molar-refractivity contribution in [2.45, 2.75) is 32.7 Å². The molecule has 16 heavy (non-hydrogen) atoms. The fourth-order valence-corrected chi connectivity index (χ4v) is 1.91. The van der Waals surface area contributed by atoms with Crippen molar-refractivity contribution in [3.63, 3.8) is 0 Å². The Labute approximate surface area is 107 Å². The van der Waals surface area contributed by atoms with E-state index in [0.717, 1.165) is 24.1 Å². The summed E-state index contributed by atoms with van der Waals surface area (Å²) in [6.45, 7) is 4.29. The lowest BCUT2D eigenvalue weighted by atomic mass is 10.1. The molecule has 88 valence electrons. The summed E-state index contributed by atoms with van der Waals surface area (Å²) in [7, 11) is 0. The van der Waals surface area contributed by atoms with Crippen LogP contribution in [0, 0.1) is 0 Å². The van der Waals surface area contributed by atoms with Gasteiger partial charge in [0.15, 0.2) is 0 Å². The minimum atomic E-state index is 0.394. The van der Waals surface area contributed by atoms with E-state index in [0.29, 0.717) is 16.1 Å². The first-order valence-electron chi connectivity index (χ1n) is 5.44. The average Bonchev–Trinajstić information content (AvgIpc) is 2.25. The lowest BCUT2D eigenvalue weighted by molar-refractivity contribution is 0.671. The van der Waals surface area contributed by atoms with Crippen molar-refractivity contribution in [2.75, 3.05) is 5.32 Å². The van der Waals surface area contributed by atoms with E-state index >= 15 is 0 Å². The average molecular weight is 257 g/mol. The highest BCUT2D eigenvalue weighted by Crippen LogP contribution is 2.22. The minimum Gasteiger partial charge on any atom is -0.389 e. The third kappa shape index (κ3) is 3.35. The van der Waals surface area contributed by atoms with Crippen LogP contribution in [0.25, 0.3) is 0 Å². The van der Waals surface area contributed by atoms with Gasteiger partial charge in [0.2, 0.25) is 0 Å². The van der Waals surface area contributed by atoms with E-state index in [4.69, 9.17) is 29.6 Å². The zero-order valence-electron chi connectivity index (χ0n) is 9.59. The first-order chi connectivity index (χ1) is 7.58. The Bertz CT molecular complexity index is 375. The van der Waals surface area contributed by atoms with Gasteiger partial charge in [0.05, 0.1) is 0 Å². The summed E-state index contributed by atoms with van der Waals surface area (Å²) in [5, 5.41) is 4.11. The molecule has 0 aromatic heterocycles. The van der Waals surface area contributed by atoms with Crippen LogP contribution in [0.3, 0.4) is 0 Å². The fourth-order valence-electron chi connectivity index (χ4n) is 1.56. The highest BCUT2D eigenvalue weighted by Gasteiger charge is 2.09. The van der Waals surface area contributed by atoms with Gasteiger partial charge in [-0.25, -0.2) is 0 Å². The summed E-state index contributed by atoms with van der Waals surface area (Å²) < 4.78 is 0. The first-order valence-corrected chi connectivity index (χ1v) is 6.23. The van der Waals surface area contributed by atoms with E-state index in [9.17, 15) is 0 Å². The molecule has 1 aromatic carbocycles. The SMILES string of the molecule is CCC(CC)Nc1cc(Cl)ccc1C(N)=S. The fraction of sp³-hybridized carbons (Fsp3) is 0.417. The molecule has 0 saturated heterocycles. The van der Waals surface area contributed by atoms with Crippen LogP contribution in [0.2, 0.25) is 5.02 Å². The van der Waals surface area contributed by atoms with Crippen LogP contribution in [-0.4, -0.2) is 11.0 Å². The Kier molecular flexibility index (Phi) is 5.03. The van der Waals surface area contributed by atoms with Crippen LogP contribution < -0.4 is 11.1 Å². The standard InChI is InChI=1S/C12H17ClN2S/c1-3-9(4-2)15-11-7-8(13)5-6-10(11)12(14)16/h5-7,9,15H,3-4H2,1-2H3,(H2,14,16). The Balaban J connectivity index is 3.00. The molecule has 0 spiro atoms. The Morgan fingerprint density at radius 2 is 2.06 bits per heavy atom. The van der Waals surface area contributed by atoms with Gasteiger partial charge in [-0.1, -0.05) is 37.7 Å². The second-order valence-corrected chi connectivity index (χ2v) is 4.59. The Morgan fingerprint density at radius 1 is 1.44 bits per heavy atom. The van der Waals surface area contributed by atoms with Crippen LogP contribution >= 0.6 is 23.8 Å². The molecule has 0 aliphatic carbocycles. The van der Waals surface area contributed by atoms with Crippen LogP contribution in [0.5, 0.6) is 0 Å². The number of hydrogen-bond acceptors (Lipinski definition) is 2. The largest absolute Gasteiger partial charge is 0.389 e. The molecule has 3 N–H and O–H groups in total. The van der Waals surface area contributed by atoms with Gasteiger partial charge in [0.1, 0.15) is 4.99 Å². The second-order valence-electron chi connectivity index (χ2n) is 3.71. The van der Waals surface area contributed by atoms with E-state index in [1.54, 1.807) is 6.07 Å². The third-order valence-electron chi connectivity index (χ3n) is 2.59.